The van der Waals surface area contributed by atoms with Crippen molar-refractivity contribution in [3.05, 3.63) is 65.5 Å². The number of likely N-dealkylation sites (tertiary alicyclic amines) is 2. The van der Waals surface area contributed by atoms with Crippen molar-refractivity contribution in [2.75, 3.05) is 64.2 Å². The Morgan fingerprint density at radius 2 is 1.69 bits per heavy atom. The molecular weight excluding hydrogens is 608 g/mol. The number of fused-ring (bicyclic) bond motifs is 2. The number of para-hydroxylation sites is 1. The van der Waals surface area contributed by atoms with Crippen LogP contribution in [0.1, 0.15) is 48.9 Å². The third-order valence-electron chi connectivity index (χ3n) is 10.6. The first-order valence-corrected chi connectivity index (χ1v) is 17.7. The Kier molecular flexibility index (Phi) is 9.81. The van der Waals surface area contributed by atoms with E-state index in [-0.39, 0.29) is 18.0 Å². The molecule has 7 rings (SSSR count). The van der Waals surface area contributed by atoms with E-state index in [0.29, 0.717) is 58.0 Å². The molecule has 0 saturated carbocycles. The standard InChI is InChI=1S/C36H48N8O4/c1-26-23-27(24-31-7-14-38-44(26)31)25-33(34(45)41-17-9-29(10-18-41)40-16-4-13-37-15-22-40)48-36(47)42-19-11-30(12-20-42)43-21-8-28-5-2-3-6-32(28)39-35(43)46/h2-3,5-7,14,23-24,29-30,33,37H,4,8-13,15-22,25H2,1H3,(H,39,46)/t33-/m1/s1. The Hall–Kier alpha value is -4.16. The molecule has 1 aromatic carbocycles. The number of hydrogen-bond donors (Lipinski definition) is 2. The molecule has 6 heterocycles. The number of urea groups is 1. The number of anilines is 1. The predicted octanol–water partition coefficient (Wildman–Crippen LogP) is 3.53. The number of hydrogen-bond acceptors (Lipinski definition) is 7. The number of carbonyl (C=O) groups is 3. The van der Waals surface area contributed by atoms with E-state index in [0.717, 1.165) is 79.9 Å². The second-order valence-corrected chi connectivity index (χ2v) is 13.7. The number of carbonyl (C=O) groups excluding carboxylic acids is 3. The second-order valence-electron chi connectivity index (χ2n) is 13.7. The highest BCUT2D eigenvalue weighted by Gasteiger charge is 2.36. The molecule has 2 aromatic heterocycles. The van der Waals surface area contributed by atoms with E-state index >= 15 is 0 Å². The molecule has 0 bridgehead atoms. The lowest BCUT2D eigenvalue weighted by Gasteiger charge is -2.40. The number of nitrogens with one attached hydrogen (secondary N) is 2. The smallest absolute Gasteiger partial charge is 0.410 e. The Morgan fingerprint density at radius 3 is 2.52 bits per heavy atom. The number of ether oxygens (including phenoxy) is 1. The number of amides is 4. The lowest BCUT2D eigenvalue weighted by atomic mass is 10.0. The van der Waals surface area contributed by atoms with Crippen molar-refractivity contribution in [1.82, 2.24) is 34.5 Å². The van der Waals surface area contributed by atoms with Crippen molar-refractivity contribution < 1.29 is 19.1 Å². The van der Waals surface area contributed by atoms with Gasteiger partial charge < -0.3 is 30.1 Å². The number of rotatable bonds is 6. The minimum absolute atomic E-state index is 0.0347. The largest absolute Gasteiger partial charge is 0.436 e. The third-order valence-corrected chi connectivity index (χ3v) is 10.6. The minimum atomic E-state index is -0.922. The summed E-state index contributed by atoms with van der Waals surface area (Å²) < 4.78 is 7.99. The van der Waals surface area contributed by atoms with Crippen molar-refractivity contribution in [2.24, 2.45) is 0 Å². The summed E-state index contributed by atoms with van der Waals surface area (Å²) in [5, 5.41) is 10.9. The van der Waals surface area contributed by atoms with Gasteiger partial charge in [-0.25, -0.2) is 14.1 Å². The van der Waals surface area contributed by atoms with Crippen molar-refractivity contribution in [3.8, 4) is 0 Å². The number of piperidine rings is 2. The first-order valence-electron chi connectivity index (χ1n) is 17.7. The van der Waals surface area contributed by atoms with Gasteiger partial charge in [-0.05, 0) is 93.9 Å². The summed E-state index contributed by atoms with van der Waals surface area (Å²) in [5.74, 6) is -0.124. The number of aryl methyl sites for hydroxylation is 1. The Labute approximate surface area is 282 Å². The van der Waals surface area contributed by atoms with E-state index in [2.05, 4.69) is 26.7 Å². The molecular formula is C36H48N8O4. The molecule has 12 nitrogen and oxygen atoms in total. The summed E-state index contributed by atoms with van der Waals surface area (Å²) in [6.07, 6.45) is 5.79. The maximum Gasteiger partial charge on any atom is 0.410 e. The molecule has 4 aliphatic rings. The number of aromatic nitrogens is 2. The second kappa shape index (κ2) is 14.5. The van der Waals surface area contributed by atoms with E-state index in [1.165, 1.54) is 0 Å². The molecule has 3 aromatic rings. The molecule has 0 spiro atoms. The van der Waals surface area contributed by atoms with Crippen LogP contribution >= 0.6 is 0 Å². The van der Waals surface area contributed by atoms with Crippen molar-refractivity contribution >= 4 is 29.2 Å². The first-order chi connectivity index (χ1) is 23.4. The number of benzene rings is 1. The summed E-state index contributed by atoms with van der Waals surface area (Å²) in [5.41, 5.74) is 4.84. The zero-order chi connectivity index (χ0) is 33.0. The van der Waals surface area contributed by atoms with Gasteiger partial charge in [0.15, 0.2) is 6.10 Å². The highest BCUT2D eigenvalue weighted by Crippen LogP contribution is 2.26. The molecule has 12 heteroatoms. The van der Waals surface area contributed by atoms with Gasteiger partial charge in [0, 0.05) is 81.9 Å². The third kappa shape index (κ3) is 7.14. The average molecular weight is 657 g/mol. The molecule has 3 fully saturated rings. The van der Waals surface area contributed by atoms with Gasteiger partial charge in [-0.1, -0.05) is 18.2 Å². The average Bonchev–Trinajstić information content (AvgIpc) is 3.32. The zero-order valence-corrected chi connectivity index (χ0v) is 28.0. The summed E-state index contributed by atoms with van der Waals surface area (Å²) in [4.78, 5) is 49.0. The highest BCUT2D eigenvalue weighted by molar-refractivity contribution is 5.91. The van der Waals surface area contributed by atoms with Crippen LogP contribution in [0.4, 0.5) is 15.3 Å². The normalized spacial score (nSPS) is 20.9. The fraction of sp³-hybridized carbons (Fsp3) is 0.556. The lowest BCUT2D eigenvalue weighted by molar-refractivity contribution is -0.142. The summed E-state index contributed by atoms with van der Waals surface area (Å²) in [6.45, 7) is 9.10. The van der Waals surface area contributed by atoms with Crippen LogP contribution in [0.2, 0.25) is 0 Å². The molecule has 0 unspecified atom stereocenters. The Balaban J connectivity index is 0.999. The molecule has 48 heavy (non-hydrogen) atoms. The quantitative estimate of drug-likeness (QED) is 0.418. The monoisotopic (exact) mass is 656 g/mol. The van der Waals surface area contributed by atoms with Gasteiger partial charge in [-0.15, -0.1) is 0 Å². The van der Waals surface area contributed by atoms with Crippen LogP contribution < -0.4 is 10.6 Å². The van der Waals surface area contributed by atoms with Crippen LogP contribution in [0.15, 0.2) is 48.7 Å². The van der Waals surface area contributed by atoms with Crippen LogP contribution in [0.25, 0.3) is 5.52 Å². The van der Waals surface area contributed by atoms with E-state index in [9.17, 15) is 14.4 Å². The van der Waals surface area contributed by atoms with Crippen molar-refractivity contribution in [3.63, 3.8) is 0 Å². The molecule has 1 atom stereocenters. The number of nitrogens with zero attached hydrogens (tertiary/aromatic N) is 6. The molecule has 256 valence electrons. The van der Waals surface area contributed by atoms with Crippen LogP contribution in [-0.2, 0) is 22.4 Å². The topological polar surface area (TPSA) is 115 Å². The van der Waals surface area contributed by atoms with Crippen molar-refractivity contribution in [1.29, 1.82) is 0 Å². The first kappa shape index (κ1) is 32.4. The van der Waals surface area contributed by atoms with Gasteiger partial charge in [0.1, 0.15) is 0 Å². The molecule has 3 saturated heterocycles. The fourth-order valence-electron chi connectivity index (χ4n) is 7.97. The lowest BCUT2D eigenvalue weighted by Crippen LogP contribution is -2.52. The van der Waals surface area contributed by atoms with E-state index in [1.54, 1.807) is 11.1 Å². The molecule has 0 aliphatic carbocycles. The van der Waals surface area contributed by atoms with Gasteiger partial charge in [-0.2, -0.15) is 5.10 Å². The SMILES string of the molecule is Cc1cc(C[C@@H](OC(=O)N2CCC(N3CCc4ccccc4NC3=O)CC2)C(=O)N2CCC(N3CCCNCC3)CC2)cc2ccnn12. The molecule has 2 N–H and O–H groups in total. The summed E-state index contributed by atoms with van der Waals surface area (Å²) >= 11 is 0. The van der Waals surface area contributed by atoms with Crippen LogP contribution in [0.3, 0.4) is 0 Å². The summed E-state index contributed by atoms with van der Waals surface area (Å²) in [7, 11) is 0. The van der Waals surface area contributed by atoms with Crippen molar-refractivity contribution in [2.45, 2.75) is 70.1 Å². The Bertz CT molecular complexity index is 1600. The highest BCUT2D eigenvalue weighted by atomic mass is 16.6. The molecule has 4 aliphatic heterocycles. The maximum absolute atomic E-state index is 14.1. The van der Waals surface area contributed by atoms with Gasteiger partial charge in [-0.3, -0.25) is 9.69 Å². The van der Waals surface area contributed by atoms with Gasteiger partial charge in [0.05, 0.1) is 5.52 Å². The Morgan fingerprint density at radius 1 is 0.917 bits per heavy atom. The van der Waals surface area contributed by atoms with Gasteiger partial charge in [0.2, 0.25) is 0 Å². The van der Waals surface area contributed by atoms with Gasteiger partial charge in [0.25, 0.3) is 5.91 Å². The van der Waals surface area contributed by atoms with E-state index < -0.39 is 12.2 Å². The zero-order valence-electron chi connectivity index (χ0n) is 28.0. The van der Waals surface area contributed by atoms with Crippen LogP contribution in [0.5, 0.6) is 0 Å². The molecule has 0 radical (unpaired) electrons. The van der Waals surface area contributed by atoms with E-state index in [1.807, 2.05) is 57.6 Å². The summed E-state index contributed by atoms with van der Waals surface area (Å²) in [6, 6.07) is 14.3. The predicted molar refractivity (Wildman–Crippen MR) is 183 cm³/mol. The molecule has 4 amide bonds. The van der Waals surface area contributed by atoms with Gasteiger partial charge >= 0.3 is 12.1 Å². The van der Waals surface area contributed by atoms with Crippen LogP contribution in [0, 0.1) is 6.92 Å². The fourth-order valence-corrected chi connectivity index (χ4v) is 7.97. The van der Waals surface area contributed by atoms with E-state index in [4.69, 9.17) is 4.74 Å². The minimum Gasteiger partial charge on any atom is -0.436 e. The number of pyridine rings is 1. The maximum atomic E-state index is 14.1. The van der Waals surface area contributed by atoms with Crippen LogP contribution in [-0.4, -0.2) is 124 Å².